The van der Waals surface area contributed by atoms with Crippen molar-refractivity contribution >= 4 is 27.9 Å². The number of carbonyl (C=O) groups is 1. The number of benzene rings is 3. The molecule has 3 aromatic carbocycles. The van der Waals surface area contributed by atoms with E-state index < -0.39 is 0 Å². The second-order valence-electron chi connectivity index (χ2n) is 9.79. The Balaban J connectivity index is 1.54. The fourth-order valence-electron chi connectivity index (χ4n) is 5.61. The van der Waals surface area contributed by atoms with Crippen LogP contribution in [0.25, 0.3) is 16.5 Å². The van der Waals surface area contributed by atoms with Gasteiger partial charge in [0.1, 0.15) is 0 Å². The molecule has 0 fully saturated rings. The third kappa shape index (κ3) is 3.43. The Labute approximate surface area is 200 Å². The summed E-state index contributed by atoms with van der Waals surface area (Å²) in [5.41, 5.74) is 8.97. The zero-order chi connectivity index (χ0) is 23.2. The topological polar surface area (TPSA) is 42.0 Å². The first-order valence-electron chi connectivity index (χ1n) is 12.2. The third-order valence-electron chi connectivity index (χ3n) is 7.39. The Hall–Kier alpha value is -3.72. The molecule has 1 aliphatic carbocycles. The van der Waals surface area contributed by atoms with Gasteiger partial charge in [-0.05, 0) is 58.7 Å². The van der Waals surface area contributed by atoms with Gasteiger partial charge in [0.15, 0.2) is 5.78 Å². The smallest absolute Gasteiger partial charge is 0.162 e. The maximum atomic E-state index is 13.8. The van der Waals surface area contributed by atoms with Gasteiger partial charge in [-0.3, -0.25) is 9.78 Å². The van der Waals surface area contributed by atoms with E-state index in [0.29, 0.717) is 12.3 Å². The highest BCUT2D eigenvalue weighted by molar-refractivity contribution is 6.12. The molecule has 2 unspecified atom stereocenters. The summed E-state index contributed by atoms with van der Waals surface area (Å²) < 4.78 is 0. The summed E-state index contributed by atoms with van der Waals surface area (Å²) in [6, 6.07) is 27.4. The van der Waals surface area contributed by atoms with E-state index in [1.807, 2.05) is 18.3 Å². The number of hydrogen-bond donors (Lipinski definition) is 1. The summed E-state index contributed by atoms with van der Waals surface area (Å²) in [5, 5.41) is 4.84. The highest BCUT2D eigenvalue weighted by Gasteiger charge is 2.38. The van der Waals surface area contributed by atoms with E-state index in [2.05, 4.69) is 90.9 Å². The van der Waals surface area contributed by atoms with Crippen molar-refractivity contribution < 1.29 is 4.79 Å². The summed E-state index contributed by atoms with van der Waals surface area (Å²) in [6.07, 6.45) is 3.23. The summed E-state index contributed by atoms with van der Waals surface area (Å²) in [6.45, 7) is 4.41. The maximum Gasteiger partial charge on any atom is 0.162 e. The van der Waals surface area contributed by atoms with E-state index in [0.717, 1.165) is 39.7 Å². The molecule has 168 valence electrons. The van der Waals surface area contributed by atoms with Crippen LogP contribution in [0.2, 0.25) is 0 Å². The predicted molar refractivity (Wildman–Crippen MR) is 139 cm³/mol. The standard InChI is InChI=1S/C31H28N2O/c1-19(2)20-10-12-22(13-11-20)31-30-25(17-23(18-28(30)34)21-7-4-3-5-8-21)29-24-9-6-16-32-26(24)14-15-27(29)33-31/h3-16,19,23,31,33H,17-18H2,1-2H3. The molecule has 3 nitrogen and oxygen atoms in total. The van der Waals surface area contributed by atoms with Crippen molar-refractivity contribution in [1.29, 1.82) is 0 Å². The number of hydrogen-bond acceptors (Lipinski definition) is 3. The van der Waals surface area contributed by atoms with Crippen LogP contribution in [-0.2, 0) is 4.79 Å². The number of anilines is 1. The molecule has 1 aliphatic heterocycles. The van der Waals surface area contributed by atoms with Crippen LogP contribution in [0.5, 0.6) is 0 Å². The van der Waals surface area contributed by atoms with Crippen molar-refractivity contribution in [1.82, 2.24) is 4.98 Å². The molecular weight excluding hydrogens is 416 g/mol. The molecule has 3 heteroatoms. The second-order valence-corrected chi connectivity index (χ2v) is 9.79. The summed E-state index contributed by atoms with van der Waals surface area (Å²) in [5.74, 6) is 0.909. The highest BCUT2D eigenvalue weighted by Crippen LogP contribution is 2.50. The van der Waals surface area contributed by atoms with Crippen molar-refractivity contribution in [2.45, 2.75) is 44.6 Å². The molecule has 1 N–H and O–H groups in total. The van der Waals surface area contributed by atoms with Crippen LogP contribution >= 0.6 is 0 Å². The van der Waals surface area contributed by atoms with Crippen LogP contribution in [0.3, 0.4) is 0 Å². The number of ketones is 1. The molecule has 0 saturated carbocycles. The van der Waals surface area contributed by atoms with Gasteiger partial charge in [0.2, 0.25) is 0 Å². The number of Topliss-reactive ketones (excluding diaryl/α,β-unsaturated/α-hetero) is 1. The molecule has 34 heavy (non-hydrogen) atoms. The lowest BCUT2D eigenvalue weighted by atomic mass is 9.71. The van der Waals surface area contributed by atoms with Crippen LogP contribution in [-0.4, -0.2) is 10.8 Å². The number of pyridine rings is 1. The van der Waals surface area contributed by atoms with E-state index in [9.17, 15) is 4.79 Å². The van der Waals surface area contributed by atoms with Crippen LogP contribution < -0.4 is 5.32 Å². The highest BCUT2D eigenvalue weighted by atomic mass is 16.1. The molecule has 0 amide bonds. The van der Waals surface area contributed by atoms with E-state index in [-0.39, 0.29) is 17.7 Å². The van der Waals surface area contributed by atoms with Gasteiger partial charge in [-0.25, -0.2) is 0 Å². The van der Waals surface area contributed by atoms with Crippen molar-refractivity contribution in [3.8, 4) is 0 Å². The third-order valence-corrected chi connectivity index (χ3v) is 7.39. The molecule has 0 saturated heterocycles. The zero-order valence-corrected chi connectivity index (χ0v) is 19.6. The van der Waals surface area contributed by atoms with Gasteiger partial charge in [0, 0.05) is 34.8 Å². The van der Waals surface area contributed by atoms with E-state index in [1.54, 1.807) is 0 Å². The fourth-order valence-corrected chi connectivity index (χ4v) is 5.61. The number of nitrogens with zero attached hydrogens (tertiary/aromatic N) is 1. The Morgan fingerprint density at radius 2 is 1.65 bits per heavy atom. The van der Waals surface area contributed by atoms with Gasteiger partial charge in [-0.2, -0.15) is 0 Å². The monoisotopic (exact) mass is 444 g/mol. The number of fused-ring (bicyclic) bond motifs is 4. The first kappa shape index (κ1) is 20.9. The van der Waals surface area contributed by atoms with Crippen LogP contribution in [0.15, 0.2) is 90.6 Å². The Morgan fingerprint density at radius 1 is 0.853 bits per heavy atom. The molecule has 2 aliphatic rings. The Morgan fingerprint density at radius 3 is 2.41 bits per heavy atom. The number of nitrogens with one attached hydrogen (secondary N) is 1. The van der Waals surface area contributed by atoms with Crippen LogP contribution in [0.4, 0.5) is 5.69 Å². The molecule has 0 bridgehead atoms. The van der Waals surface area contributed by atoms with Crippen LogP contribution in [0, 0.1) is 0 Å². The molecule has 0 radical (unpaired) electrons. The van der Waals surface area contributed by atoms with Gasteiger partial charge in [-0.15, -0.1) is 0 Å². The van der Waals surface area contributed by atoms with Crippen LogP contribution in [0.1, 0.15) is 66.8 Å². The van der Waals surface area contributed by atoms with E-state index in [1.165, 1.54) is 16.7 Å². The van der Waals surface area contributed by atoms with Crippen molar-refractivity contribution in [2.75, 3.05) is 5.32 Å². The average molecular weight is 445 g/mol. The predicted octanol–water partition coefficient (Wildman–Crippen LogP) is 7.43. The fraction of sp³-hybridized carbons (Fsp3) is 0.226. The summed E-state index contributed by atoms with van der Waals surface area (Å²) in [7, 11) is 0. The Kier molecular flexibility index (Phi) is 5.06. The lowest BCUT2D eigenvalue weighted by Gasteiger charge is -2.37. The Bertz CT molecular complexity index is 1420. The van der Waals surface area contributed by atoms with Gasteiger partial charge in [0.25, 0.3) is 0 Å². The first-order valence-corrected chi connectivity index (χ1v) is 12.2. The normalized spacial score (nSPS) is 19.7. The summed E-state index contributed by atoms with van der Waals surface area (Å²) >= 11 is 0. The molecule has 2 atom stereocenters. The van der Waals surface area contributed by atoms with Crippen molar-refractivity contribution in [3.63, 3.8) is 0 Å². The zero-order valence-electron chi connectivity index (χ0n) is 19.6. The summed E-state index contributed by atoms with van der Waals surface area (Å²) in [4.78, 5) is 18.4. The molecular formula is C31H28N2O. The SMILES string of the molecule is CC(C)c1ccc(C2Nc3ccc4ncccc4c3C3=C2C(=O)CC(c2ccccc2)C3)cc1. The van der Waals surface area contributed by atoms with Crippen molar-refractivity contribution in [2.24, 2.45) is 0 Å². The molecule has 4 aromatic rings. The maximum absolute atomic E-state index is 13.8. The number of allylic oxidation sites excluding steroid dienone is 1. The van der Waals surface area contributed by atoms with E-state index in [4.69, 9.17) is 0 Å². The minimum absolute atomic E-state index is 0.137. The second kappa shape index (κ2) is 8.25. The molecule has 1 aromatic heterocycles. The van der Waals surface area contributed by atoms with E-state index >= 15 is 0 Å². The molecule has 0 spiro atoms. The number of rotatable bonds is 3. The van der Waals surface area contributed by atoms with Crippen molar-refractivity contribution in [3.05, 3.63) is 113 Å². The van der Waals surface area contributed by atoms with Gasteiger partial charge in [-0.1, -0.05) is 74.5 Å². The minimum Gasteiger partial charge on any atom is -0.373 e. The lowest BCUT2D eigenvalue weighted by molar-refractivity contribution is -0.116. The number of carbonyl (C=O) groups excluding carboxylic acids is 1. The number of aromatic nitrogens is 1. The lowest BCUT2D eigenvalue weighted by Crippen LogP contribution is -2.29. The van der Waals surface area contributed by atoms with Gasteiger partial charge in [0.05, 0.1) is 11.6 Å². The van der Waals surface area contributed by atoms with Gasteiger partial charge >= 0.3 is 0 Å². The minimum atomic E-state index is -0.137. The average Bonchev–Trinajstić information content (AvgIpc) is 2.88. The first-order chi connectivity index (χ1) is 16.6. The molecule has 2 heterocycles. The quantitative estimate of drug-likeness (QED) is 0.357. The van der Waals surface area contributed by atoms with Gasteiger partial charge < -0.3 is 5.32 Å². The molecule has 6 rings (SSSR count). The largest absolute Gasteiger partial charge is 0.373 e.